The van der Waals surface area contributed by atoms with Gasteiger partial charge in [0.15, 0.2) is 0 Å². The maximum atomic E-state index is 12.4. The van der Waals surface area contributed by atoms with Gasteiger partial charge in [-0.25, -0.2) is 0 Å². The van der Waals surface area contributed by atoms with Crippen molar-refractivity contribution in [3.63, 3.8) is 0 Å². The van der Waals surface area contributed by atoms with Crippen LogP contribution in [-0.4, -0.2) is 61.2 Å². The minimum Gasteiger partial charge on any atom is -0.481 e. The highest BCUT2D eigenvalue weighted by Gasteiger charge is 2.24. The van der Waals surface area contributed by atoms with Crippen molar-refractivity contribution in [2.45, 2.75) is 0 Å². The number of piperazine rings is 1. The van der Waals surface area contributed by atoms with E-state index < -0.39 is 0 Å². The number of methoxy groups -OCH3 is 2. The Morgan fingerprint density at radius 2 is 1.96 bits per heavy atom. The molecular weight excluding hydrogens is 316 g/mol. The van der Waals surface area contributed by atoms with Crippen LogP contribution in [0.3, 0.4) is 0 Å². The number of nitrogens with zero attached hydrogens (tertiary/aromatic N) is 4. The summed E-state index contributed by atoms with van der Waals surface area (Å²) in [4.78, 5) is 25.6. The number of hydrogen-bond acceptors (Lipinski definition) is 7. The molecule has 3 heterocycles. The Kier molecular flexibility index (Phi) is 4.61. The third kappa shape index (κ3) is 3.37. The molecule has 0 bridgehead atoms. The zero-order valence-electron chi connectivity index (χ0n) is 13.1. The van der Waals surface area contributed by atoms with E-state index in [-0.39, 0.29) is 11.9 Å². The summed E-state index contributed by atoms with van der Waals surface area (Å²) in [5.41, 5.74) is 0. The van der Waals surface area contributed by atoms with E-state index in [0.717, 1.165) is 10.7 Å². The summed E-state index contributed by atoms with van der Waals surface area (Å²) in [5.74, 6) is 1.30. The van der Waals surface area contributed by atoms with Crippen LogP contribution in [0.25, 0.3) is 0 Å². The third-order valence-corrected chi connectivity index (χ3v) is 4.54. The fourth-order valence-electron chi connectivity index (χ4n) is 2.44. The molecule has 8 heteroatoms. The van der Waals surface area contributed by atoms with E-state index in [1.165, 1.54) is 18.4 Å². The molecule has 0 saturated carbocycles. The molecule has 0 aromatic carbocycles. The fraction of sp³-hybridized carbons (Fsp3) is 0.400. The molecular formula is C15H18N4O3S. The number of carbonyl (C=O) groups is 1. The minimum atomic E-state index is 0.0949. The van der Waals surface area contributed by atoms with Crippen LogP contribution in [0.5, 0.6) is 11.9 Å². The van der Waals surface area contributed by atoms with E-state index in [0.29, 0.717) is 32.1 Å². The molecule has 0 aliphatic carbocycles. The number of aromatic nitrogens is 2. The Morgan fingerprint density at radius 3 is 2.57 bits per heavy atom. The van der Waals surface area contributed by atoms with E-state index in [4.69, 9.17) is 9.47 Å². The van der Waals surface area contributed by atoms with Crippen LogP contribution in [0, 0.1) is 0 Å². The fourth-order valence-corrected chi connectivity index (χ4v) is 3.14. The second-order valence-corrected chi connectivity index (χ2v) is 5.96. The van der Waals surface area contributed by atoms with E-state index >= 15 is 0 Å². The second-order valence-electron chi connectivity index (χ2n) is 5.01. The normalized spacial score (nSPS) is 14.7. The van der Waals surface area contributed by atoms with Crippen molar-refractivity contribution in [1.82, 2.24) is 14.9 Å². The third-order valence-electron chi connectivity index (χ3n) is 3.68. The highest BCUT2D eigenvalue weighted by Crippen LogP contribution is 2.22. The molecule has 3 rings (SSSR count). The van der Waals surface area contributed by atoms with Crippen molar-refractivity contribution < 1.29 is 14.3 Å². The molecule has 0 unspecified atom stereocenters. The average molecular weight is 334 g/mol. The van der Waals surface area contributed by atoms with Crippen molar-refractivity contribution in [3.05, 3.63) is 28.5 Å². The summed E-state index contributed by atoms with van der Waals surface area (Å²) >= 11 is 1.47. The highest BCUT2D eigenvalue weighted by atomic mass is 32.1. The van der Waals surface area contributed by atoms with Crippen LogP contribution < -0.4 is 14.4 Å². The molecule has 1 saturated heterocycles. The van der Waals surface area contributed by atoms with Gasteiger partial charge in [0, 0.05) is 32.2 Å². The topological polar surface area (TPSA) is 67.8 Å². The predicted molar refractivity (Wildman–Crippen MR) is 87.6 cm³/mol. The Bertz CT molecular complexity index is 647. The van der Waals surface area contributed by atoms with Crippen LogP contribution in [-0.2, 0) is 0 Å². The molecule has 2 aromatic heterocycles. The predicted octanol–water partition coefficient (Wildman–Crippen LogP) is 1.52. The lowest BCUT2D eigenvalue weighted by Gasteiger charge is -2.35. The lowest BCUT2D eigenvalue weighted by atomic mass is 10.3. The van der Waals surface area contributed by atoms with Crippen LogP contribution in [0.4, 0.5) is 5.82 Å². The first-order chi connectivity index (χ1) is 11.2. The number of carbonyl (C=O) groups excluding carboxylic acids is 1. The molecule has 1 amide bonds. The van der Waals surface area contributed by atoms with Crippen molar-refractivity contribution in [2.75, 3.05) is 45.3 Å². The summed E-state index contributed by atoms with van der Waals surface area (Å²) in [7, 11) is 3.08. The first-order valence-corrected chi connectivity index (χ1v) is 8.14. The minimum absolute atomic E-state index is 0.0949. The number of thiophene rings is 1. The summed E-state index contributed by atoms with van der Waals surface area (Å²) in [5, 5.41) is 1.92. The summed E-state index contributed by atoms with van der Waals surface area (Å²) < 4.78 is 10.3. The van der Waals surface area contributed by atoms with Gasteiger partial charge in [0.1, 0.15) is 5.82 Å². The zero-order chi connectivity index (χ0) is 16.2. The quantitative estimate of drug-likeness (QED) is 0.844. The average Bonchev–Trinajstić information content (AvgIpc) is 3.15. The number of hydrogen-bond donors (Lipinski definition) is 0. The van der Waals surface area contributed by atoms with Gasteiger partial charge in [-0.05, 0) is 11.4 Å². The maximum Gasteiger partial charge on any atom is 0.321 e. The van der Waals surface area contributed by atoms with Crippen molar-refractivity contribution in [2.24, 2.45) is 0 Å². The van der Waals surface area contributed by atoms with E-state index in [1.807, 2.05) is 22.4 Å². The molecule has 0 N–H and O–H groups in total. The lowest BCUT2D eigenvalue weighted by Crippen LogP contribution is -2.48. The Balaban J connectivity index is 1.68. The molecule has 0 spiro atoms. The number of rotatable bonds is 4. The van der Waals surface area contributed by atoms with Gasteiger partial charge in [-0.3, -0.25) is 4.79 Å². The lowest BCUT2D eigenvalue weighted by molar-refractivity contribution is 0.0751. The van der Waals surface area contributed by atoms with Gasteiger partial charge in [-0.1, -0.05) is 6.07 Å². The largest absolute Gasteiger partial charge is 0.481 e. The van der Waals surface area contributed by atoms with Crippen molar-refractivity contribution in [3.8, 4) is 11.9 Å². The molecule has 23 heavy (non-hydrogen) atoms. The summed E-state index contributed by atoms with van der Waals surface area (Å²) in [6, 6.07) is 5.81. The van der Waals surface area contributed by atoms with Crippen LogP contribution in [0.15, 0.2) is 23.6 Å². The van der Waals surface area contributed by atoms with Gasteiger partial charge in [0.05, 0.1) is 19.1 Å². The summed E-state index contributed by atoms with van der Waals surface area (Å²) in [6.45, 7) is 2.73. The number of anilines is 1. The van der Waals surface area contributed by atoms with Gasteiger partial charge < -0.3 is 19.3 Å². The van der Waals surface area contributed by atoms with Gasteiger partial charge in [-0.15, -0.1) is 11.3 Å². The van der Waals surface area contributed by atoms with Gasteiger partial charge >= 0.3 is 6.01 Å². The van der Waals surface area contributed by atoms with E-state index in [2.05, 4.69) is 14.9 Å². The molecule has 0 atom stereocenters. The molecule has 7 nitrogen and oxygen atoms in total. The highest BCUT2D eigenvalue weighted by molar-refractivity contribution is 7.12. The Hall–Kier alpha value is -2.35. The molecule has 1 aliphatic rings. The van der Waals surface area contributed by atoms with Gasteiger partial charge in [0.25, 0.3) is 5.91 Å². The second kappa shape index (κ2) is 6.82. The molecule has 122 valence electrons. The smallest absolute Gasteiger partial charge is 0.321 e. The van der Waals surface area contributed by atoms with Crippen LogP contribution in [0.2, 0.25) is 0 Å². The SMILES string of the molecule is COc1cc(N2CCN(C(=O)c3cccs3)CC2)nc(OC)n1. The summed E-state index contributed by atoms with van der Waals surface area (Å²) in [6.07, 6.45) is 0. The zero-order valence-corrected chi connectivity index (χ0v) is 13.9. The first-order valence-electron chi connectivity index (χ1n) is 7.26. The number of ether oxygens (including phenoxy) is 2. The monoisotopic (exact) mass is 334 g/mol. The van der Waals surface area contributed by atoms with Gasteiger partial charge in [0.2, 0.25) is 5.88 Å². The molecule has 1 aliphatic heterocycles. The van der Waals surface area contributed by atoms with Gasteiger partial charge in [-0.2, -0.15) is 9.97 Å². The van der Waals surface area contributed by atoms with Crippen LogP contribution in [0.1, 0.15) is 9.67 Å². The molecule has 2 aromatic rings. The maximum absolute atomic E-state index is 12.4. The van der Waals surface area contributed by atoms with Crippen molar-refractivity contribution >= 4 is 23.1 Å². The van der Waals surface area contributed by atoms with Crippen molar-refractivity contribution in [1.29, 1.82) is 0 Å². The Morgan fingerprint density at radius 1 is 1.17 bits per heavy atom. The molecule has 0 radical (unpaired) electrons. The Labute approximate surface area is 138 Å². The van der Waals surface area contributed by atoms with Crippen LogP contribution >= 0.6 is 11.3 Å². The van der Waals surface area contributed by atoms with E-state index in [9.17, 15) is 4.79 Å². The standard InChI is InChI=1S/C15H18N4O3S/c1-21-13-10-12(16-15(17-13)22-2)18-5-7-19(8-6-18)14(20)11-4-3-9-23-11/h3-4,9-10H,5-8H2,1-2H3. The first kappa shape index (κ1) is 15.5. The molecule has 1 fully saturated rings. The number of amides is 1. The van der Waals surface area contributed by atoms with E-state index in [1.54, 1.807) is 13.2 Å².